The fraction of sp³-hybridized carbons (Fsp3) is 0.455. The SMILES string of the molecule is CCN(CCCl)C(=O)c1ccc(C)nc1. The summed E-state index contributed by atoms with van der Waals surface area (Å²) in [6.07, 6.45) is 1.61. The van der Waals surface area contributed by atoms with Crippen molar-refractivity contribution < 1.29 is 4.79 Å². The molecule has 1 amide bonds. The molecule has 1 heterocycles. The van der Waals surface area contributed by atoms with Gasteiger partial charge in [-0.1, -0.05) is 0 Å². The van der Waals surface area contributed by atoms with Crippen LogP contribution < -0.4 is 0 Å². The molecule has 1 rings (SSSR count). The van der Waals surface area contributed by atoms with E-state index in [1.807, 2.05) is 19.9 Å². The lowest BCUT2D eigenvalue weighted by Crippen LogP contribution is -2.32. The van der Waals surface area contributed by atoms with Crippen LogP contribution in [0.1, 0.15) is 23.0 Å². The Labute approximate surface area is 95.1 Å². The lowest BCUT2D eigenvalue weighted by Gasteiger charge is -2.19. The van der Waals surface area contributed by atoms with Crippen LogP contribution in [0.3, 0.4) is 0 Å². The number of carbonyl (C=O) groups is 1. The average Bonchev–Trinajstić information content (AvgIpc) is 2.26. The van der Waals surface area contributed by atoms with Gasteiger partial charge in [0, 0.05) is 30.9 Å². The molecule has 1 aromatic heterocycles. The van der Waals surface area contributed by atoms with Crippen molar-refractivity contribution >= 4 is 17.5 Å². The molecule has 0 aliphatic carbocycles. The van der Waals surface area contributed by atoms with Gasteiger partial charge < -0.3 is 4.90 Å². The maximum atomic E-state index is 11.9. The molecule has 4 heteroatoms. The molecule has 0 saturated carbocycles. The van der Waals surface area contributed by atoms with Crippen LogP contribution in [0.4, 0.5) is 0 Å². The number of hydrogen-bond acceptors (Lipinski definition) is 2. The molecule has 0 saturated heterocycles. The molecule has 0 atom stereocenters. The van der Waals surface area contributed by atoms with Gasteiger partial charge in [-0.3, -0.25) is 9.78 Å². The van der Waals surface area contributed by atoms with E-state index < -0.39 is 0 Å². The molecule has 0 N–H and O–H groups in total. The van der Waals surface area contributed by atoms with Gasteiger partial charge in [-0.25, -0.2) is 0 Å². The van der Waals surface area contributed by atoms with Crippen molar-refractivity contribution in [3.8, 4) is 0 Å². The molecular formula is C11H15ClN2O. The first-order valence-electron chi connectivity index (χ1n) is 4.97. The molecule has 15 heavy (non-hydrogen) atoms. The van der Waals surface area contributed by atoms with Crippen molar-refractivity contribution in [1.29, 1.82) is 0 Å². The zero-order valence-corrected chi connectivity index (χ0v) is 9.79. The van der Waals surface area contributed by atoms with Crippen LogP contribution in [0, 0.1) is 6.92 Å². The molecule has 0 aliphatic rings. The maximum Gasteiger partial charge on any atom is 0.255 e. The average molecular weight is 227 g/mol. The highest BCUT2D eigenvalue weighted by Crippen LogP contribution is 2.04. The van der Waals surface area contributed by atoms with Crippen LogP contribution in [0.2, 0.25) is 0 Å². The monoisotopic (exact) mass is 226 g/mol. The highest BCUT2D eigenvalue weighted by Gasteiger charge is 2.13. The minimum absolute atomic E-state index is 0.00866. The lowest BCUT2D eigenvalue weighted by molar-refractivity contribution is 0.0773. The van der Waals surface area contributed by atoms with Crippen LogP contribution in [0.15, 0.2) is 18.3 Å². The van der Waals surface area contributed by atoms with E-state index in [4.69, 9.17) is 11.6 Å². The third-order valence-electron chi connectivity index (χ3n) is 2.18. The standard InChI is InChI=1S/C11H15ClN2O/c1-3-14(7-6-12)11(15)10-5-4-9(2)13-8-10/h4-5,8H,3,6-7H2,1-2H3. The van der Waals surface area contributed by atoms with E-state index in [1.54, 1.807) is 17.2 Å². The maximum absolute atomic E-state index is 11.9. The molecule has 0 fully saturated rings. The Morgan fingerprint density at radius 3 is 2.73 bits per heavy atom. The van der Waals surface area contributed by atoms with Crippen LogP contribution in [0.5, 0.6) is 0 Å². The van der Waals surface area contributed by atoms with Crippen molar-refractivity contribution in [1.82, 2.24) is 9.88 Å². The van der Waals surface area contributed by atoms with Crippen molar-refractivity contribution in [2.45, 2.75) is 13.8 Å². The predicted molar refractivity (Wildman–Crippen MR) is 61.3 cm³/mol. The number of aromatic nitrogens is 1. The Morgan fingerprint density at radius 2 is 2.27 bits per heavy atom. The molecule has 0 spiro atoms. The number of hydrogen-bond donors (Lipinski definition) is 0. The Morgan fingerprint density at radius 1 is 1.53 bits per heavy atom. The van der Waals surface area contributed by atoms with E-state index in [-0.39, 0.29) is 5.91 Å². The zero-order valence-electron chi connectivity index (χ0n) is 9.03. The number of aryl methyl sites for hydroxylation is 1. The van der Waals surface area contributed by atoms with Gasteiger partial charge in [0.1, 0.15) is 0 Å². The summed E-state index contributed by atoms with van der Waals surface area (Å²) in [5.74, 6) is 0.449. The van der Waals surface area contributed by atoms with Gasteiger partial charge in [-0.15, -0.1) is 11.6 Å². The van der Waals surface area contributed by atoms with Gasteiger partial charge in [0.2, 0.25) is 0 Å². The first kappa shape index (κ1) is 12.0. The van der Waals surface area contributed by atoms with Gasteiger partial charge >= 0.3 is 0 Å². The molecule has 0 aromatic carbocycles. The van der Waals surface area contributed by atoms with Gasteiger partial charge in [0.25, 0.3) is 5.91 Å². The van der Waals surface area contributed by atoms with E-state index in [0.717, 1.165) is 5.69 Å². The van der Waals surface area contributed by atoms with Crippen molar-refractivity contribution in [3.63, 3.8) is 0 Å². The number of alkyl halides is 1. The molecule has 0 unspecified atom stereocenters. The number of halogens is 1. The van der Waals surface area contributed by atoms with E-state index in [0.29, 0.717) is 24.5 Å². The molecular weight excluding hydrogens is 212 g/mol. The first-order valence-corrected chi connectivity index (χ1v) is 5.50. The molecule has 1 aromatic rings. The van der Waals surface area contributed by atoms with Crippen molar-refractivity contribution in [3.05, 3.63) is 29.6 Å². The summed E-state index contributed by atoms with van der Waals surface area (Å²) in [5, 5.41) is 0. The Balaban J connectivity index is 2.78. The summed E-state index contributed by atoms with van der Waals surface area (Å²) >= 11 is 5.62. The molecule has 0 bridgehead atoms. The van der Waals surface area contributed by atoms with Gasteiger partial charge in [0.15, 0.2) is 0 Å². The summed E-state index contributed by atoms with van der Waals surface area (Å²) in [5.41, 5.74) is 1.53. The predicted octanol–water partition coefficient (Wildman–Crippen LogP) is 2.09. The minimum Gasteiger partial charge on any atom is -0.338 e. The fourth-order valence-electron chi connectivity index (χ4n) is 1.28. The third kappa shape index (κ3) is 3.20. The van der Waals surface area contributed by atoms with Crippen LogP contribution in [0.25, 0.3) is 0 Å². The van der Waals surface area contributed by atoms with Gasteiger partial charge in [-0.05, 0) is 26.0 Å². The normalized spacial score (nSPS) is 10.1. The van der Waals surface area contributed by atoms with Crippen molar-refractivity contribution in [2.24, 2.45) is 0 Å². The molecule has 82 valence electrons. The summed E-state index contributed by atoms with van der Waals surface area (Å²) in [7, 11) is 0. The second kappa shape index (κ2) is 5.71. The highest BCUT2D eigenvalue weighted by molar-refractivity contribution is 6.18. The van der Waals surface area contributed by atoms with E-state index >= 15 is 0 Å². The highest BCUT2D eigenvalue weighted by atomic mass is 35.5. The summed E-state index contributed by atoms with van der Waals surface area (Å²) < 4.78 is 0. The lowest BCUT2D eigenvalue weighted by atomic mass is 10.2. The number of pyridine rings is 1. The molecule has 0 aliphatic heterocycles. The molecule has 0 radical (unpaired) electrons. The fourth-order valence-corrected chi connectivity index (χ4v) is 1.49. The summed E-state index contributed by atoms with van der Waals surface area (Å²) in [4.78, 5) is 17.7. The van der Waals surface area contributed by atoms with Gasteiger partial charge in [0.05, 0.1) is 5.56 Å². The summed E-state index contributed by atoms with van der Waals surface area (Å²) in [6, 6.07) is 3.63. The number of nitrogens with zero attached hydrogens (tertiary/aromatic N) is 2. The second-order valence-electron chi connectivity index (χ2n) is 3.26. The van der Waals surface area contributed by atoms with Gasteiger partial charge in [-0.2, -0.15) is 0 Å². The number of carbonyl (C=O) groups excluding carboxylic acids is 1. The number of amides is 1. The Bertz CT molecular complexity index is 324. The van der Waals surface area contributed by atoms with E-state index in [1.165, 1.54) is 0 Å². The summed E-state index contributed by atoms with van der Waals surface area (Å²) in [6.45, 7) is 5.07. The number of rotatable bonds is 4. The Hall–Kier alpha value is -1.09. The van der Waals surface area contributed by atoms with Crippen LogP contribution >= 0.6 is 11.6 Å². The zero-order chi connectivity index (χ0) is 11.3. The van der Waals surface area contributed by atoms with Crippen LogP contribution in [-0.4, -0.2) is 34.8 Å². The van der Waals surface area contributed by atoms with E-state index in [9.17, 15) is 4.79 Å². The topological polar surface area (TPSA) is 33.2 Å². The molecule has 3 nitrogen and oxygen atoms in total. The Kier molecular flexibility index (Phi) is 4.56. The van der Waals surface area contributed by atoms with Crippen LogP contribution in [-0.2, 0) is 0 Å². The largest absolute Gasteiger partial charge is 0.338 e. The quantitative estimate of drug-likeness (QED) is 0.737. The van der Waals surface area contributed by atoms with E-state index in [2.05, 4.69) is 4.98 Å². The second-order valence-corrected chi connectivity index (χ2v) is 3.64. The van der Waals surface area contributed by atoms with Crippen molar-refractivity contribution in [2.75, 3.05) is 19.0 Å². The third-order valence-corrected chi connectivity index (χ3v) is 2.35. The first-order chi connectivity index (χ1) is 7.19. The minimum atomic E-state index is -0.00866. The smallest absolute Gasteiger partial charge is 0.255 e.